The van der Waals surface area contributed by atoms with Crippen molar-refractivity contribution < 1.29 is 18.8 Å². The van der Waals surface area contributed by atoms with Crippen molar-refractivity contribution in [2.75, 3.05) is 23.9 Å². The van der Waals surface area contributed by atoms with Crippen LogP contribution in [0.5, 0.6) is 0 Å². The van der Waals surface area contributed by atoms with Gasteiger partial charge < -0.3 is 15.0 Å². The number of aromatic nitrogens is 1. The molecule has 1 amide bonds. The van der Waals surface area contributed by atoms with Gasteiger partial charge in [0.15, 0.2) is 0 Å². The van der Waals surface area contributed by atoms with E-state index in [1.54, 1.807) is 6.07 Å². The lowest BCUT2D eigenvalue weighted by Crippen LogP contribution is -2.34. The highest BCUT2D eigenvalue weighted by Crippen LogP contribution is 2.17. The van der Waals surface area contributed by atoms with Gasteiger partial charge in [-0.25, -0.2) is 0 Å². The first-order valence-corrected chi connectivity index (χ1v) is 7.27. The van der Waals surface area contributed by atoms with E-state index in [1.165, 1.54) is 18.9 Å². The molecule has 1 unspecified atom stereocenters. The minimum atomic E-state index is -0.726. The molecule has 0 radical (unpaired) electrons. The zero-order valence-corrected chi connectivity index (χ0v) is 12.5. The molecule has 20 heavy (non-hydrogen) atoms. The first kappa shape index (κ1) is 16.5. The van der Waals surface area contributed by atoms with Crippen molar-refractivity contribution in [3.63, 3.8) is 0 Å². The molecule has 1 aromatic heterocycles. The number of amides is 1. The lowest BCUT2D eigenvalue weighted by Gasteiger charge is -2.08. The summed E-state index contributed by atoms with van der Waals surface area (Å²) in [5, 5.41) is 6.42. The molecule has 112 valence electrons. The number of esters is 1. The van der Waals surface area contributed by atoms with Crippen LogP contribution < -0.4 is 11.1 Å². The van der Waals surface area contributed by atoms with Crippen LogP contribution in [0.3, 0.4) is 0 Å². The van der Waals surface area contributed by atoms with E-state index in [4.69, 9.17) is 10.3 Å². The van der Waals surface area contributed by atoms with Gasteiger partial charge in [0.2, 0.25) is 11.8 Å². The Morgan fingerprint density at radius 3 is 2.80 bits per heavy atom. The molecule has 0 aromatic carbocycles. The Balaban J connectivity index is 2.31. The van der Waals surface area contributed by atoms with Crippen LogP contribution in [0.15, 0.2) is 10.6 Å². The lowest BCUT2D eigenvalue weighted by molar-refractivity contribution is -0.141. The number of methoxy groups -OCH3 is 1. The van der Waals surface area contributed by atoms with Crippen LogP contribution in [0.1, 0.15) is 25.5 Å². The number of thioether (sulfide) groups is 1. The van der Waals surface area contributed by atoms with Crippen molar-refractivity contribution in [3.8, 4) is 0 Å². The van der Waals surface area contributed by atoms with Gasteiger partial charge in [0.25, 0.3) is 0 Å². The fourth-order valence-electron chi connectivity index (χ4n) is 1.29. The number of hydrogen-bond acceptors (Lipinski definition) is 7. The standard InChI is InChI=1S/C12H19N3O4S/c1-7(2)9-4-11(19-15-9)14-10(16)6-20-5-8(13)12(17)18-3/h4,7-8H,5-6,13H2,1-3H3,(H,14,16). The van der Waals surface area contributed by atoms with Crippen molar-refractivity contribution in [1.29, 1.82) is 0 Å². The van der Waals surface area contributed by atoms with E-state index < -0.39 is 12.0 Å². The molecule has 1 heterocycles. The number of rotatable bonds is 7. The van der Waals surface area contributed by atoms with E-state index in [0.29, 0.717) is 11.6 Å². The summed E-state index contributed by atoms with van der Waals surface area (Å²) in [5.74, 6) is 0.303. The van der Waals surface area contributed by atoms with Crippen LogP contribution in [-0.2, 0) is 14.3 Å². The zero-order chi connectivity index (χ0) is 15.1. The van der Waals surface area contributed by atoms with Crippen molar-refractivity contribution >= 4 is 29.5 Å². The molecule has 8 heteroatoms. The van der Waals surface area contributed by atoms with Crippen molar-refractivity contribution in [3.05, 3.63) is 11.8 Å². The van der Waals surface area contributed by atoms with E-state index in [9.17, 15) is 9.59 Å². The molecule has 0 aliphatic carbocycles. The fraction of sp³-hybridized carbons (Fsp3) is 0.583. The minimum Gasteiger partial charge on any atom is -0.468 e. The van der Waals surface area contributed by atoms with E-state index in [1.807, 2.05) is 13.8 Å². The highest BCUT2D eigenvalue weighted by atomic mass is 32.2. The fourth-order valence-corrected chi connectivity index (χ4v) is 2.06. The smallest absolute Gasteiger partial charge is 0.323 e. The largest absolute Gasteiger partial charge is 0.468 e. The number of carbonyl (C=O) groups is 2. The van der Waals surface area contributed by atoms with Gasteiger partial charge in [-0.2, -0.15) is 0 Å². The number of hydrogen-bond donors (Lipinski definition) is 2. The van der Waals surface area contributed by atoms with Crippen LogP contribution in [0.25, 0.3) is 0 Å². The Morgan fingerprint density at radius 1 is 1.55 bits per heavy atom. The van der Waals surface area contributed by atoms with Gasteiger partial charge in [-0.15, -0.1) is 11.8 Å². The van der Waals surface area contributed by atoms with Gasteiger partial charge in [0.05, 0.1) is 18.6 Å². The van der Waals surface area contributed by atoms with E-state index in [0.717, 1.165) is 5.69 Å². The lowest BCUT2D eigenvalue weighted by atomic mass is 10.1. The number of anilines is 1. The predicted octanol–water partition coefficient (Wildman–Crippen LogP) is 0.970. The average Bonchev–Trinajstić information content (AvgIpc) is 2.86. The predicted molar refractivity (Wildman–Crippen MR) is 76.5 cm³/mol. The molecule has 0 fully saturated rings. The van der Waals surface area contributed by atoms with E-state index in [-0.39, 0.29) is 17.6 Å². The highest BCUT2D eigenvalue weighted by Gasteiger charge is 2.15. The number of nitrogens with two attached hydrogens (primary N) is 1. The minimum absolute atomic E-state index is 0.169. The second kappa shape index (κ2) is 7.91. The normalized spacial score (nSPS) is 12.2. The van der Waals surface area contributed by atoms with E-state index in [2.05, 4.69) is 15.2 Å². The summed E-state index contributed by atoms with van der Waals surface area (Å²) in [7, 11) is 1.27. The van der Waals surface area contributed by atoms with Crippen LogP contribution in [0, 0.1) is 0 Å². The molecule has 1 aromatic rings. The first-order chi connectivity index (χ1) is 9.43. The van der Waals surface area contributed by atoms with Crippen molar-refractivity contribution in [2.45, 2.75) is 25.8 Å². The summed E-state index contributed by atoms with van der Waals surface area (Å²) in [5.41, 5.74) is 6.33. The number of ether oxygens (including phenoxy) is 1. The number of carbonyl (C=O) groups excluding carboxylic acids is 2. The molecule has 0 saturated heterocycles. The van der Waals surface area contributed by atoms with Crippen LogP contribution in [0.2, 0.25) is 0 Å². The van der Waals surface area contributed by atoms with Crippen LogP contribution in [-0.4, -0.2) is 41.7 Å². The maximum atomic E-state index is 11.6. The summed E-state index contributed by atoms with van der Waals surface area (Å²) >= 11 is 1.25. The van der Waals surface area contributed by atoms with Gasteiger partial charge in [0.1, 0.15) is 6.04 Å². The van der Waals surface area contributed by atoms with Gasteiger partial charge in [-0.1, -0.05) is 19.0 Å². The summed E-state index contributed by atoms with van der Waals surface area (Å²) in [6.07, 6.45) is 0. The Bertz CT molecular complexity index is 461. The van der Waals surface area contributed by atoms with Gasteiger partial charge in [-0.05, 0) is 5.92 Å². The highest BCUT2D eigenvalue weighted by molar-refractivity contribution is 8.00. The summed E-state index contributed by atoms with van der Waals surface area (Å²) in [4.78, 5) is 22.7. The van der Waals surface area contributed by atoms with Crippen molar-refractivity contribution in [2.24, 2.45) is 5.73 Å². The van der Waals surface area contributed by atoms with Gasteiger partial charge in [0, 0.05) is 11.8 Å². The molecule has 0 aliphatic rings. The second-order valence-electron chi connectivity index (χ2n) is 4.46. The molecule has 0 bridgehead atoms. The molecule has 3 N–H and O–H groups in total. The quantitative estimate of drug-likeness (QED) is 0.722. The molecule has 0 spiro atoms. The maximum Gasteiger partial charge on any atom is 0.323 e. The third kappa shape index (κ3) is 5.22. The SMILES string of the molecule is COC(=O)C(N)CSCC(=O)Nc1cc(C(C)C)no1. The monoisotopic (exact) mass is 301 g/mol. The van der Waals surface area contributed by atoms with Gasteiger partial charge >= 0.3 is 5.97 Å². The van der Waals surface area contributed by atoms with Crippen LogP contribution in [0.4, 0.5) is 5.88 Å². The molecule has 0 saturated carbocycles. The van der Waals surface area contributed by atoms with Gasteiger partial charge in [-0.3, -0.25) is 14.9 Å². The molecule has 7 nitrogen and oxygen atoms in total. The third-order valence-corrected chi connectivity index (χ3v) is 3.48. The second-order valence-corrected chi connectivity index (χ2v) is 5.49. The topological polar surface area (TPSA) is 107 Å². The Labute approximate surface area is 121 Å². The van der Waals surface area contributed by atoms with Crippen LogP contribution >= 0.6 is 11.8 Å². The third-order valence-electron chi connectivity index (χ3n) is 2.42. The molecular formula is C12H19N3O4S. The molecule has 1 rings (SSSR count). The van der Waals surface area contributed by atoms with E-state index >= 15 is 0 Å². The first-order valence-electron chi connectivity index (χ1n) is 6.11. The summed E-state index contributed by atoms with van der Waals surface area (Å²) in [6, 6.07) is 0.962. The molecule has 0 aliphatic heterocycles. The zero-order valence-electron chi connectivity index (χ0n) is 11.7. The summed E-state index contributed by atoms with van der Waals surface area (Å²) < 4.78 is 9.48. The Hall–Kier alpha value is -1.54. The molecular weight excluding hydrogens is 282 g/mol. The van der Waals surface area contributed by atoms with Crippen molar-refractivity contribution in [1.82, 2.24) is 5.16 Å². The Kier molecular flexibility index (Phi) is 6.53. The molecule has 1 atom stereocenters. The number of nitrogens with one attached hydrogen (secondary N) is 1. The average molecular weight is 301 g/mol. The number of nitrogens with zero attached hydrogens (tertiary/aromatic N) is 1. The summed E-state index contributed by atoms with van der Waals surface area (Å²) in [6.45, 7) is 3.96. The Morgan fingerprint density at radius 2 is 2.25 bits per heavy atom. The maximum absolute atomic E-state index is 11.6.